The zero-order valence-electron chi connectivity index (χ0n) is 9.68. The van der Waals surface area contributed by atoms with Crippen LogP contribution in [-0.2, 0) is 0 Å². The maximum atomic E-state index is 9.00. The fourth-order valence-electron chi connectivity index (χ4n) is 1.35. The molecule has 7 nitrogen and oxygen atoms in total. The van der Waals surface area contributed by atoms with Crippen molar-refractivity contribution in [2.75, 3.05) is 0 Å². The molecule has 0 atom stereocenters. The number of guanidine groups is 2. The molecule has 0 saturated carbocycles. The molecule has 0 fully saturated rings. The zero-order chi connectivity index (χ0) is 13.7. The molecule has 0 saturated heterocycles. The third-order valence-electron chi connectivity index (χ3n) is 2.02. The normalized spacial score (nSPS) is 10.3. The monoisotopic (exact) mass is 241 g/mol. The Morgan fingerprint density at radius 1 is 1.17 bits per heavy atom. The van der Waals surface area contributed by atoms with Crippen LogP contribution in [0.2, 0.25) is 0 Å². The van der Waals surface area contributed by atoms with Crippen molar-refractivity contribution in [1.82, 2.24) is 0 Å². The Kier molecular flexibility index (Phi) is 3.85. The first-order chi connectivity index (χ1) is 8.47. The average molecular weight is 241 g/mol. The molecular weight excluding hydrogens is 230 g/mol. The van der Waals surface area contributed by atoms with Gasteiger partial charge in [-0.15, -0.1) is 0 Å². The lowest BCUT2D eigenvalue weighted by molar-refractivity contribution is 1.31. The smallest absolute Gasteiger partial charge is 0.223 e. The topological polar surface area (TPSA) is 150 Å². The maximum absolute atomic E-state index is 9.00. The van der Waals surface area contributed by atoms with E-state index in [1.54, 1.807) is 13.0 Å². The highest BCUT2D eigenvalue weighted by Crippen LogP contribution is 2.25. The van der Waals surface area contributed by atoms with Crippen LogP contribution >= 0.6 is 0 Å². The van der Waals surface area contributed by atoms with E-state index in [0.717, 1.165) is 0 Å². The van der Waals surface area contributed by atoms with E-state index in [1.165, 1.54) is 6.07 Å². The van der Waals surface area contributed by atoms with E-state index in [2.05, 4.69) is 9.98 Å². The molecule has 0 spiro atoms. The molecule has 0 radical (unpaired) electrons. The van der Waals surface area contributed by atoms with Crippen molar-refractivity contribution in [2.24, 2.45) is 27.2 Å². The molecule has 0 aliphatic heterocycles. The summed E-state index contributed by atoms with van der Waals surface area (Å²) in [7, 11) is 0. The molecular formula is C11H11N7. The second kappa shape index (κ2) is 5.32. The van der Waals surface area contributed by atoms with E-state index >= 15 is 0 Å². The largest absolute Gasteiger partial charge is 0.370 e. The fraction of sp³-hybridized carbons (Fsp3) is 0.0909. The van der Waals surface area contributed by atoms with E-state index in [-0.39, 0.29) is 17.5 Å². The van der Waals surface area contributed by atoms with Crippen LogP contribution in [0.1, 0.15) is 16.7 Å². The van der Waals surface area contributed by atoms with E-state index in [1.807, 2.05) is 12.1 Å². The van der Waals surface area contributed by atoms with Crippen molar-refractivity contribution >= 4 is 17.6 Å². The van der Waals surface area contributed by atoms with Gasteiger partial charge in [-0.3, -0.25) is 0 Å². The minimum Gasteiger partial charge on any atom is -0.370 e. The summed E-state index contributed by atoms with van der Waals surface area (Å²) in [6, 6.07) is 6.93. The molecule has 1 aromatic rings. The van der Waals surface area contributed by atoms with Gasteiger partial charge >= 0.3 is 0 Å². The van der Waals surface area contributed by atoms with Gasteiger partial charge in [0.1, 0.15) is 6.07 Å². The SMILES string of the molecule is Cc1cc(C#N)cc(C#N)c1N=C(N)N=C(N)N. The van der Waals surface area contributed by atoms with Crippen molar-refractivity contribution in [1.29, 1.82) is 10.5 Å². The van der Waals surface area contributed by atoms with Crippen LogP contribution in [0.15, 0.2) is 22.1 Å². The number of nitriles is 2. The Bertz CT molecular complexity index is 610. The second-order valence-corrected chi connectivity index (χ2v) is 3.42. The highest BCUT2D eigenvalue weighted by atomic mass is 15.1. The predicted molar refractivity (Wildman–Crippen MR) is 67.7 cm³/mol. The lowest BCUT2D eigenvalue weighted by Gasteiger charge is -2.04. The highest BCUT2D eigenvalue weighted by Gasteiger charge is 2.08. The van der Waals surface area contributed by atoms with E-state index < -0.39 is 0 Å². The number of aryl methyl sites for hydroxylation is 1. The summed E-state index contributed by atoms with van der Waals surface area (Å²) in [5.74, 6) is -0.375. The van der Waals surface area contributed by atoms with Crippen molar-refractivity contribution in [3.8, 4) is 12.1 Å². The molecule has 1 aromatic carbocycles. The number of nitrogens with two attached hydrogens (primary N) is 3. The quantitative estimate of drug-likeness (QED) is 0.465. The second-order valence-electron chi connectivity index (χ2n) is 3.42. The summed E-state index contributed by atoms with van der Waals surface area (Å²) >= 11 is 0. The summed E-state index contributed by atoms with van der Waals surface area (Å²) in [5, 5.41) is 17.8. The van der Waals surface area contributed by atoms with Gasteiger partial charge in [-0.1, -0.05) is 0 Å². The van der Waals surface area contributed by atoms with Crippen LogP contribution in [0.25, 0.3) is 0 Å². The molecule has 90 valence electrons. The Morgan fingerprint density at radius 2 is 1.83 bits per heavy atom. The molecule has 0 aliphatic rings. The Balaban J connectivity index is 3.39. The van der Waals surface area contributed by atoms with Crippen LogP contribution < -0.4 is 17.2 Å². The number of aliphatic imine (C=N–C) groups is 2. The number of nitrogens with zero attached hydrogens (tertiary/aromatic N) is 4. The lowest BCUT2D eigenvalue weighted by atomic mass is 10.1. The van der Waals surface area contributed by atoms with E-state index in [0.29, 0.717) is 16.8 Å². The van der Waals surface area contributed by atoms with Crippen LogP contribution in [0.5, 0.6) is 0 Å². The predicted octanol–water partition coefficient (Wildman–Crippen LogP) is -0.0420. The van der Waals surface area contributed by atoms with Crippen molar-refractivity contribution in [3.63, 3.8) is 0 Å². The van der Waals surface area contributed by atoms with Gasteiger partial charge in [-0.25, -0.2) is 4.99 Å². The Hall–Kier alpha value is -3.06. The summed E-state index contributed by atoms with van der Waals surface area (Å²) in [5.41, 5.74) is 17.4. The maximum Gasteiger partial charge on any atom is 0.223 e. The number of hydrogen-bond acceptors (Lipinski definition) is 3. The van der Waals surface area contributed by atoms with Crippen LogP contribution in [0.3, 0.4) is 0 Å². The summed E-state index contributed by atoms with van der Waals surface area (Å²) < 4.78 is 0. The molecule has 0 aromatic heterocycles. The molecule has 0 amide bonds. The van der Waals surface area contributed by atoms with E-state index in [9.17, 15) is 0 Å². The zero-order valence-corrected chi connectivity index (χ0v) is 9.68. The summed E-state index contributed by atoms with van der Waals surface area (Å²) in [6.07, 6.45) is 0. The Labute approximate surface area is 104 Å². The van der Waals surface area contributed by atoms with Gasteiger partial charge in [-0.2, -0.15) is 15.5 Å². The van der Waals surface area contributed by atoms with Gasteiger partial charge in [0, 0.05) is 0 Å². The number of benzene rings is 1. The van der Waals surface area contributed by atoms with Crippen LogP contribution in [-0.4, -0.2) is 11.9 Å². The minimum atomic E-state index is -0.221. The molecule has 18 heavy (non-hydrogen) atoms. The highest BCUT2D eigenvalue weighted by molar-refractivity contribution is 5.94. The van der Waals surface area contributed by atoms with Gasteiger partial charge in [0.25, 0.3) is 0 Å². The number of hydrogen-bond donors (Lipinski definition) is 3. The fourth-order valence-corrected chi connectivity index (χ4v) is 1.35. The van der Waals surface area contributed by atoms with E-state index in [4.69, 9.17) is 27.7 Å². The van der Waals surface area contributed by atoms with Gasteiger partial charge in [0.15, 0.2) is 5.96 Å². The first-order valence-electron chi connectivity index (χ1n) is 4.86. The first kappa shape index (κ1) is 13.0. The Morgan fingerprint density at radius 3 is 2.33 bits per heavy atom. The molecule has 0 heterocycles. The summed E-state index contributed by atoms with van der Waals surface area (Å²) in [4.78, 5) is 7.52. The minimum absolute atomic E-state index is 0.153. The molecule has 7 heteroatoms. The molecule has 0 unspecified atom stereocenters. The molecule has 0 aliphatic carbocycles. The van der Waals surface area contributed by atoms with Gasteiger partial charge in [0.05, 0.1) is 22.9 Å². The van der Waals surface area contributed by atoms with Crippen LogP contribution in [0, 0.1) is 29.6 Å². The standard InChI is InChI=1S/C11H11N7/c1-6-2-7(4-12)3-8(5-13)9(6)17-11(16)18-10(14)15/h2-3H,1H3,(H6,14,15,16,17,18). The third-order valence-corrected chi connectivity index (χ3v) is 2.02. The molecule has 0 bridgehead atoms. The van der Waals surface area contributed by atoms with Crippen molar-refractivity contribution < 1.29 is 0 Å². The van der Waals surface area contributed by atoms with Crippen LogP contribution in [0.4, 0.5) is 5.69 Å². The number of rotatable bonds is 1. The van der Waals surface area contributed by atoms with Gasteiger partial charge in [0.2, 0.25) is 5.96 Å². The summed E-state index contributed by atoms with van der Waals surface area (Å²) in [6.45, 7) is 1.71. The molecule has 1 rings (SSSR count). The van der Waals surface area contributed by atoms with Gasteiger partial charge < -0.3 is 17.2 Å². The first-order valence-corrected chi connectivity index (χ1v) is 4.86. The van der Waals surface area contributed by atoms with Crippen molar-refractivity contribution in [3.05, 3.63) is 28.8 Å². The third kappa shape index (κ3) is 2.97. The van der Waals surface area contributed by atoms with Crippen molar-refractivity contribution in [2.45, 2.75) is 6.92 Å². The average Bonchev–Trinajstić information content (AvgIpc) is 2.30. The van der Waals surface area contributed by atoms with Gasteiger partial charge in [-0.05, 0) is 24.6 Å². The molecule has 6 N–H and O–H groups in total. The lowest BCUT2D eigenvalue weighted by Crippen LogP contribution is -2.26.